The van der Waals surface area contributed by atoms with Gasteiger partial charge in [0.25, 0.3) is 0 Å². The van der Waals surface area contributed by atoms with Crippen LogP contribution in [0.15, 0.2) is 0 Å². The molecule has 0 aliphatic heterocycles. The van der Waals surface area contributed by atoms with E-state index in [1.54, 1.807) is 13.8 Å². The summed E-state index contributed by atoms with van der Waals surface area (Å²) in [4.78, 5) is 0. The van der Waals surface area contributed by atoms with Gasteiger partial charge in [-0.25, -0.2) is 0 Å². The molecule has 0 amide bonds. The van der Waals surface area contributed by atoms with E-state index in [0.29, 0.717) is 0 Å². The van der Waals surface area contributed by atoms with Gasteiger partial charge >= 0.3 is 0 Å². The fourth-order valence-electron chi connectivity index (χ4n) is 0.425. The predicted molar refractivity (Wildman–Crippen MR) is 37.1 cm³/mol. The Morgan fingerprint density at radius 3 is 2.50 bits per heavy atom. The first-order valence-corrected chi connectivity index (χ1v) is 3.09. The summed E-state index contributed by atoms with van der Waals surface area (Å²) >= 11 is 0. The summed E-state index contributed by atoms with van der Waals surface area (Å²) < 4.78 is 4.82. The van der Waals surface area contributed by atoms with Crippen LogP contribution in [0, 0.1) is 11.8 Å². The van der Waals surface area contributed by atoms with Gasteiger partial charge in [-0.2, -0.15) is 0 Å². The Bertz CT molecular complexity index is 132. The smallest absolute Gasteiger partial charge is 0.220 e. The lowest BCUT2D eigenvalue weighted by Crippen LogP contribution is -2.14. The maximum absolute atomic E-state index is 8.84. The highest BCUT2D eigenvalue weighted by Gasteiger charge is 1.99. The molecule has 0 spiro atoms. The number of aliphatic hydroxyl groups excluding tert-OH is 2. The fourth-order valence-corrected chi connectivity index (χ4v) is 0.425. The molecule has 3 heteroatoms. The van der Waals surface area contributed by atoms with Crippen molar-refractivity contribution in [3.8, 4) is 11.8 Å². The molecule has 10 heavy (non-hydrogen) atoms. The van der Waals surface area contributed by atoms with Gasteiger partial charge in [0.15, 0.2) is 0 Å². The molecule has 0 saturated carbocycles. The van der Waals surface area contributed by atoms with Crippen molar-refractivity contribution in [2.45, 2.75) is 26.2 Å². The van der Waals surface area contributed by atoms with Crippen molar-refractivity contribution < 1.29 is 14.9 Å². The van der Waals surface area contributed by atoms with E-state index in [1.807, 2.05) is 0 Å². The molecule has 58 valence electrons. The van der Waals surface area contributed by atoms with Crippen molar-refractivity contribution in [2.24, 2.45) is 0 Å². The van der Waals surface area contributed by atoms with Crippen molar-refractivity contribution in [3.63, 3.8) is 0 Å². The molecule has 0 radical (unpaired) electrons. The Balaban J connectivity index is 3.52. The minimum atomic E-state index is -1.08. The molecule has 0 aromatic rings. The van der Waals surface area contributed by atoms with Crippen LogP contribution in [0.2, 0.25) is 0 Å². The third kappa shape index (κ3) is 5.57. The summed E-state index contributed by atoms with van der Waals surface area (Å²) in [5.41, 5.74) is 0. The Hall–Kier alpha value is -0.560. The van der Waals surface area contributed by atoms with Gasteiger partial charge < -0.3 is 14.9 Å². The van der Waals surface area contributed by atoms with Crippen molar-refractivity contribution in [1.82, 2.24) is 0 Å². The lowest BCUT2D eigenvalue weighted by atomic mass is 10.5. The highest BCUT2D eigenvalue weighted by Crippen LogP contribution is 1.91. The van der Waals surface area contributed by atoms with E-state index in [1.165, 1.54) is 0 Å². The second-order valence-corrected chi connectivity index (χ2v) is 2.02. The molecule has 0 aromatic heterocycles. The van der Waals surface area contributed by atoms with E-state index in [-0.39, 0.29) is 12.7 Å². The molecule has 0 fully saturated rings. The molecular formula is C7H12O3. The van der Waals surface area contributed by atoms with Gasteiger partial charge in [0, 0.05) is 0 Å². The molecule has 1 unspecified atom stereocenters. The lowest BCUT2D eigenvalue weighted by Gasteiger charge is -2.07. The Labute approximate surface area is 60.6 Å². The molecule has 0 saturated heterocycles. The van der Waals surface area contributed by atoms with Crippen LogP contribution >= 0.6 is 0 Å². The van der Waals surface area contributed by atoms with E-state index in [2.05, 4.69) is 11.8 Å². The topological polar surface area (TPSA) is 49.7 Å². The number of ether oxygens (including phenoxy) is 1. The van der Waals surface area contributed by atoms with Gasteiger partial charge in [-0.1, -0.05) is 5.92 Å². The summed E-state index contributed by atoms with van der Waals surface area (Å²) in [5.74, 6) is 4.58. The summed E-state index contributed by atoms with van der Waals surface area (Å²) in [6, 6.07) is 0. The van der Waals surface area contributed by atoms with Crippen LogP contribution in [0.25, 0.3) is 0 Å². The zero-order valence-electron chi connectivity index (χ0n) is 6.16. The van der Waals surface area contributed by atoms with Crippen molar-refractivity contribution in [1.29, 1.82) is 0 Å². The van der Waals surface area contributed by atoms with Crippen LogP contribution in [0.5, 0.6) is 0 Å². The first kappa shape index (κ1) is 9.44. The van der Waals surface area contributed by atoms with Crippen molar-refractivity contribution in [3.05, 3.63) is 0 Å². The third-order valence-electron chi connectivity index (χ3n) is 0.706. The second-order valence-electron chi connectivity index (χ2n) is 2.02. The van der Waals surface area contributed by atoms with E-state index in [4.69, 9.17) is 14.9 Å². The van der Waals surface area contributed by atoms with E-state index in [0.717, 1.165) is 0 Å². The average molecular weight is 144 g/mol. The molecule has 3 nitrogen and oxygen atoms in total. The predicted octanol–water partition coefficient (Wildman–Crippen LogP) is -0.275. The molecule has 0 aliphatic rings. The van der Waals surface area contributed by atoms with Gasteiger partial charge in [0.2, 0.25) is 6.29 Å². The third-order valence-corrected chi connectivity index (χ3v) is 0.706. The largest absolute Gasteiger partial charge is 0.384 e. The molecule has 1 atom stereocenters. The quantitative estimate of drug-likeness (QED) is 0.414. The molecule has 0 aliphatic carbocycles. The van der Waals surface area contributed by atoms with E-state index in [9.17, 15) is 0 Å². The van der Waals surface area contributed by atoms with E-state index >= 15 is 0 Å². The minimum Gasteiger partial charge on any atom is -0.384 e. The molecule has 0 aromatic carbocycles. The van der Waals surface area contributed by atoms with Crippen molar-refractivity contribution in [2.75, 3.05) is 6.61 Å². The molecule has 0 heterocycles. The summed E-state index contributed by atoms with van der Waals surface area (Å²) in [6.07, 6.45) is -1.13. The zero-order valence-corrected chi connectivity index (χ0v) is 6.16. The Morgan fingerprint density at radius 1 is 1.50 bits per heavy atom. The van der Waals surface area contributed by atoms with E-state index < -0.39 is 6.29 Å². The number of rotatable bonds is 2. The van der Waals surface area contributed by atoms with Crippen LogP contribution in [-0.4, -0.2) is 29.2 Å². The molecule has 2 N–H and O–H groups in total. The summed E-state index contributed by atoms with van der Waals surface area (Å²) in [7, 11) is 0. The molecule has 0 rings (SSSR count). The second kappa shape index (κ2) is 5.24. The first-order chi connectivity index (χ1) is 4.66. The first-order valence-electron chi connectivity index (χ1n) is 3.09. The maximum Gasteiger partial charge on any atom is 0.220 e. The number of hydrogen-bond donors (Lipinski definition) is 2. The minimum absolute atomic E-state index is 0.0528. The monoisotopic (exact) mass is 144 g/mol. The average Bonchev–Trinajstić information content (AvgIpc) is 1.82. The van der Waals surface area contributed by atoms with Gasteiger partial charge in [0.05, 0.1) is 6.10 Å². The fraction of sp³-hybridized carbons (Fsp3) is 0.714. The zero-order chi connectivity index (χ0) is 7.98. The molecular weight excluding hydrogens is 132 g/mol. The van der Waals surface area contributed by atoms with Crippen molar-refractivity contribution >= 4 is 0 Å². The van der Waals surface area contributed by atoms with Gasteiger partial charge in [-0.05, 0) is 19.8 Å². The van der Waals surface area contributed by atoms with Crippen LogP contribution in [0.1, 0.15) is 13.8 Å². The summed E-state index contributed by atoms with van der Waals surface area (Å²) in [5, 5.41) is 17.1. The van der Waals surface area contributed by atoms with Crippen LogP contribution in [0.4, 0.5) is 0 Å². The SMILES string of the molecule is CC(C)OC(O)C#CCO. The van der Waals surface area contributed by atoms with Gasteiger partial charge in [0.1, 0.15) is 6.61 Å². The Morgan fingerprint density at radius 2 is 2.10 bits per heavy atom. The summed E-state index contributed by atoms with van der Waals surface area (Å²) in [6.45, 7) is 3.34. The van der Waals surface area contributed by atoms with Gasteiger partial charge in [-0.15, -0.1) is 0 Å². The lowest BCUT2D eigenvalue weighted by molar-refractivity contribution is -0.0861. The maximum atomic E-state index is 8.84. The highest BCUT2D eigenvalue weighted by atomic mass is 16.6. The number of aliphatic hydroxyl groups is 2. The standard InChI is InChI=1S/C7H12O3/c1-6(2)10-7(9)4-3-5-8/h6-9H,5H2,1-2H3. The Kier molecular flexibility index (Phi) is 4.95. The van der Waals surface area contributed by atoms with Crippen LogP contribution < -0.4 is 0 Å². The number of hydrogen-bond acceptors (Lipinski definition) is 3. The normalized spacial score (nSPS) is 12.5. The molecule has 0 bridgehead atoms. The van der Waals surface area contributed by atoms with Crippen LogP contribution in [-0.2, 0) is 4.74 Å². The highest BCUT2D eigenvalue weighted by molar-refractivity contribution is 5.01. The van der Waals surface area contributed by atoms with Crippen LogP contribution in [0.3, 0.4) is 0 Å². The van der Waals surface area contributed by atoms with Gasteiger partial charge in [-0.3, -0.25) is 0 Å².